The van der Waals surface area contributed by atoms with E-state index in [0.29, 0.717) is 5.56 Å². The van der Waals surface area contributed by atoms with Gasteiger partial charge in [-0.3, -0.25) is 0 Å². The normalized spacial score (nSPS) is 12.5. The van der Waals surface area contributed by atoms with Crippen molar-refractivity contribution in [3.8, 4) is 23.0 Å². The van der Waals surface area contributed by atoms with E-state index >= 15 is 0 Å². The third-order valence-corrected chi connectivity index (χ3v) is 4.02. The lowest BCUT2D eigenvalue weighted by molar-refractivity contribution is 0.628. The summed E-state index contributed by atoms with van der Waals surface area (Å²) in [5.74, 6) is 0.643. The maximum absolute atomic E-state index is 13.2. The highest BCUT2D eigenvalue weighted by Crippen LogP contribution is 2.35. The van der Waals surface area contributed by atoms with Crippen LogP contribution in [0.4, 0.5) is 10.2 Å². The molecule has 2 aromatic carbocycles. The van der Waals surface area contributed by atoms with Crippen molar-refractivity contribution in [2.24, 2.45) is 0 Å². The van der Waals surface area contributed by atoms with Crippen LogP contribution >= 0.6 is 0 Å². The van der Waals surface area contributed by atoms with E-state index in [4.69, 9.17) is 5.10 Å². The Morgan fingerprint density at radius 1 is 1.13 bits per heavy atom. The first-order valence-electron chi connectivity index (χ1n) is 7.39. The summed E-state index contributed by atoms with van der Waals surface area (Å²) < 4.78 is 14.9. The molecule has 2 heterocycles. The van der Waals surface area contributed by atoms with Gasteiger partial charge < -0.3 is 5.32 Å². The molecule has 1 aliphatic rings. The Morgan fingerprint density at radius 2 is 1.91 bits per heavy atom. The molecule has 1 N–H and O–H groups in total. The fourth-order valence-corrected chi connectivity index (χ4v) is 2.94. The van der Waals surface area contributed by atoms with Crippen molar-refractivity contribution in [1.82, 2.24) is 9.78 Å². The van der Waals surface area contributed by atoms with Crippen molar-refractivity contribution >= 4 is 5.82 Å². The van der Waals surface area contributed by atoms with Crippen molar-refractivity contribution < 1.29 is 4.39 Å². The minimum atomic E-state index is -0.266. The Morgan fingerprint density at radius 3 is 2.70 bits per heavy atom. The highest BCUT2D eigenvalue weighted by molar-refractivity contribution is 5.73. The van der Waals surface area contributed by atoms with Crippen LogP contribution in [0.25, 0.3) is 16.9 Å². The van der Waals surface area contributed by atoms with Crippen LogP contribution in [0.1, 0.15) is 11.1 Å². The van der Waals surface area contributed by atoms with E-state index in [2.05, 4.69) is 11.4 Å². The highest BCUT2D eigenvalue weighted by atomic mass is 19.1. The molecule has 0 unspecified atom stereocenters. The average molecular weight is 304 g/mol. The molecule has 0 saturated carbocycles. The second kappa shape index (κ2) is 5.25. The van der Waals surface area contributed by atoms with Crippen LogP contribution in [0.2, 0.25) is 0 Å². The zero-order valence-corrected chi connectivity index (χ0v) is 12.3. The largest absolute Gasteiger partial charge is 0.369 e. The lowest BCUT2D eigenvalue weighted by atomic mass is 10.1. The van der Waals surface area contributed by atoms with Gasteiger partial charge in [0.25, 0.3) is 0 Å². The molecule has 112 valence electrons. The number of hydrogen-bond acceptors (Lipinski definition) is 3. The lowest BCUT2D eigenvalue weighted by Crippen LogP contribution is -2.05. The van der Waals surface area contributed by atoms with Gasteiger partial charge in [0, 0.05) is 17.7 Å². The number of nitrogens with one attached hydrogen (secondary N) is 1. The predicted molar refractivity (Wildman–Crippen MR) is 85.9 cm³/mol. The van der Waals surface area contributed by atoms with Gasteiger partial charge in [-0.25, -0.2) is 9.07 Å². The van der Waals surface area contributed by atoms with Gasteiger partial charge in [0.15, 0.2) is 0 Å². The maximum Gasteiger partial charge on any atom is 0.133 e. The predicted octanol–water partition coefficient (Wildman–Crippen LogP) is 3.52. The molecule has 5 heteroatoms. The molecule has 0 bridgehead atoms. The third kappa shape index (κ3) is 2.16. The van der Waals surface area contributed by atoms with Crippen molar-refractivity contribution in [3.63, 3.8) is 0 Å². The fourth-order valence-electron chi connectivity index (χ4n) is 2.94. The van der Waals surface area contributed by atoms with Crippen molar-refractivity contribution in [3.05, 3.63) is 65.5 Å². The number of aromatic nitrogens is 2. The first-order chi connectivity index (χ1) is 11.3. The van der Waals surface area contributed by atoms with E-state index in [9.17, 15) is 9.65 Å². The second-order valence-corrected chi connectivity index (χ2v) is 5.40. The first kappa shape index (κ1) is 13.5. The van der Waals surface area contributed by atoms with Gasteiger partial charge >= 0.3 is 0 Å². The van der Waals surface area contributed by atoms with Crippen LogP contribution in [0.5, 0.6) is 0 Å². The molecule has 23 heavy (non-hydrogen) atoms. The summed E-state index contributed by atoms with van der Waals surface area (Å²) in [5.41, 5.74) is 4.12. The number of nitriles is 1. The van der Waals surface area contributed by atoms with Gasteiger partial charge in [-0.1, -0.05) is 12.1 Å². The van der Waals surface area contributed by atoms with Crippen LogP contribution in [0.3, 0.4) is 0 Å². The molecule has 0 amide bonds. The van der Waals surface area contributed by atoms with E-state index in [-0.39, 0.29) is 5.82 Å². The van der Waals surface area contributed by atoms with Gasteiger partial charge in [0.1, 0.15) is 17.7 Å². The maximum atomic E-state index is 13.2. The van der Waals surface area contributed by atoms with Gasteiger partial charge in [-0.05, 0) is 42.8 Å². The summed E-state index contributed by atoms with van der Waals surface area (Å²) in [6.45, 7) is 0.829. The topological polar surface area (TPSA) is 53.6 Å². The minimum Gasteiger partial charge on any atom is -0.369 e. The second-order valence-electron chi connectivity index (χ2n) is 5.40. The van der Waals surface area contributed by atoms with Crippen LogP contribution in [-0.4, -0.2) is 16.3 Å². The number of anilines is 1. The molecule has 1 aliphatic heterocycles. The molecule has 0 fully saturated rings. The van der Waals surface area contributed by atoms with Crippen LogP contribution in [-0.2, 0) is 6.42 Å². The molecule has 0 spiro atoms. The molecule has 4 rings (SSSR count). The summed E-state index contributed by atoms with van der Waals surface area (Å²) in [7, 11) is 0. The zero-order chi connectivity index (χ0) is 15.8. The van der Waals surface area contributed by atoms with Crippen LogP contribution in [0.15, 0.2) is 48.5 Å². The van der Waals surface area contributed by atoms with E-state index in [1.54, 1.807) is 22.9 Å². The standard InChI is InChI=1S/C18H13FN4/c19-14-7-5-12(6-8-14)17-15-9-10-21-18(15)23(22-17)16-4-2-1-3-13(16)11-20/h1-8,21H,9-10H2. The minimum absolute atomic E-state index is 0.266. The van der Waals surface area contributed by atoms with Gasteiger partial charge in [0.05, 0.1) is 16.9 Å². The Labute approximate surface area is 132 Å². The summed E-state index contributed by atoms with van der Waals surface area (Å²) in [4.78, 5) is 0. The number of nitrogens with zero attached hydrogens (tertiary/aromatic N) is 3. The lowest BCUT2D eigenvalue weighted by Gasteiger charge is -2.07. The highest BCUT2D eigenvalue weighted by Gasteiger charge is 2.24. The van der Waals surface area contributed by atoms with Crippen molar-refractivity contribution in [2.45, 2.75) is 6.42 Å². The monoisotopic (exact) mass is 304 g/mol. The van der Waals surface area contributed by atoms with Gasteiger partial charge in [-0.15, -0.1) is 0 Å². The number of hydrogen-bond donors (Lipinski definition) is 1. The molecule has 0 aliphatic carbocycles. The Kier molecular flexibility index (Phi) is 3.09. The fraction of sp³-hybridized carbons (Fsp3) is 0.111. The van der Waals surface area contributed by atoms with E-state index in [1.807, 2.05) is 18.2 Å². The average Bonchev–Trinajstić information content (AvgIpc) is 3.18. The van der Waals surface area contributed by atoms with Crippen LogP contribution in [0, 0.1) is 17.1 Å². The Bertz CT molecular complexity index is 919. The molecular weight excluding hydrogens is 291 g/mol. The Hall–Kier alpha value is -3.13. The molecule has 0 saturated heterocycles. The Balaban J connectivity index is 1.92. The van der Waals surface area contributed by atoms with Gasteiger partial charge in [-0.2, -0.15) is 10.4 Å². The summed E-state index contributed by atoms with van der Waals surface area (Å²) >= 11 is 0. The van der Waals surface area contributed by atoms with Crippen molar-refractivity contribution in [2.75, 3.05) is 11.9 Å². The molecule has 0 radical (unpaired) electrons. The summed E-state index contributed by atoms with van der Waals surface area (Å²) in [6.07, 6.45) is 0.858. The molecule has 4 nitrogen and oxygen atoms in total. The van der Waals surface area contributed by atoms with Crippen LogP contribution < -0.4 is 5.32 Å². The first-order valence-corrected chi connectivity index (χ1v) is 7.39. The zero-order valence-electron chi connectivity index (χ0n) is 12.3. The quantitative estimate of drug-likeness (QED) is 0.788. The smallest absolute Gasteiger partial charge is 0.133 e. The van der Waals surface area contributed by atoms with E-state index < -0.39 is 0 Å². The number of halogens is 1. The molecular formula is C18H13FN4. The number of fused-ring (bicyclic) bond motifs is 1. The molecule has 1 aromatic heterocycles. The number of rotatable bonds is 2. The number of benzene rings is 2. The third-order valence-electron chi connectivity index (χ3n) is 4.02. The van der Waals surface area contributed by atoms with E-state index in [1.165, 1.54) is 12.1 Å². The molecule has 3 aromatic rings. The number of para-hydroxylation sites is 1. The van der Waals surface area contributed by atoms with E-state index in [0.717, 1.165) is 41.3 Å². The summed E-state index contributed by atoms with van der Waals surface area (Å²) in [5, 5.41) is 17.4. The SMILES string of the molecule is N#Cc1ccccc1-n1nc(-c2ccc(F)cc2)c2c1NCC2. The van der Waals surface area contributed by atoms with Gasteiger partial charge in [0.2, 0.25) is 0 Å². The van der Waals surface area contributed by atoms with Crippen molar-refractivity contribution in [1.29, 1.82) is 5.26 Å². The molecule has 0 atom stereocenters. The summed E-state index contributed by atoms with van der Waals surface area (Å²) in [6, 6.07) is 15.9.